The third kappa shape index (κ3) is 1.43. The van der Waals surface area contributed by atoms with Gasteiger partial charge in [-0.2, -0.15) is 0 Å². The topological polar surface area (TPSA) is 40.5 Å². The Labute approximate surface area is 107 Å². The van der Waals surface area contributed by atoms with Crippen LogP contribution < -0.4 is 4.90 Å². The van der Waals surface area contributed by atoms with E-state index in [1.807, 2.05) is 42.2 Å². The van der Waals surface area contributed by atoms with Crippen LogP contribution in [0.4, 0.5) is 5.69 Å². The highest BCUT2D eigenvalue weighted by Gasteiger charge is 2.60. The largest absolute Gasteiger partial charge is 0.389 e. The standard InChI is InChI=1S/C15H19NO2/c1-14(18)8-5-9-15(14)10-11-16(13(15)17)12-6-3-2-4-7-12/h2-4,6-7,18H,5,8-11H2,1H3/t14-,15+/m1/s1. The van der Waals surface area contributed by atoms with Crippen molar-refractivity contribution in [3.8, 4) is 0 Å². The normalized spacial score (nSPS) is 35.7. The van der Waals surface area contributed by atoms with E-state index in [4.69, 9.17) is 0 Å². The van der Waals surface area contributed by atoms with Gasteiger partial charge in [0, 0.05) is 12.2 Å². The summed E-state index contributed by atoms with van der Waals surface area (Å²) in [5.74, 6) is 0.108. The van der Waals surface area contributed by atoms with Crippen molar-refractivity contribution in [2.45, 2.75) is 38.2 Å². The van der Waals surface area contributed by atoms with Crippen LogP contribution in [0.1, 0.15) is 32.6 Å². The van der Waals surface area contributed by atoms with Crippen LogP contribution in [-0.4, -0.2) is 23.2 Å². The molecule has 3 nitrogen and oxygen atoms in total. The van der Waals surface area contributed by atoms with Gasteiger partial charge in [0.1, 0.15) is 0 Å². The lowest BCUT2D eigenvalue weighted by Gasteiger charge is -2.34. The number of amides is 1. The molecule has 2 atom stereocenters. The Morgan fingerprint density at radius 3 is 2.50 bits per heavy atom. The molecule has 1 amide bonds. The molecule has 3 rings (SSSR count). The Morgan fingerprint density at radius 2 is 1.89 bits per heavy atom. The van der Waals surface area contributed by atoms with Gasteiger partial charge >= 0.3 is 0 Å². The van der Waals surface area contributed by atoms with Crippen molar-refractivity contribution in [2.24, 2.45) is 5.41 Å². The Morgan fingerprint density at radius 1 is 1.17 bits per heavy atom. The number of hydrogen-bond donors (Lipinski definition) is 1. The summed E-state index contributed by atoms with van der Waals surface area (Å²) in [7, 11) is 0. The van der Waals surface area contributed by atoms with Gasteiger partial charge in [0.05, 0.1) is 11.0 Å². The zero-order valence-electron chi connectivity index (χ0n) is 10.7. The molecule has 96 valence electrons. The molecule has 0 aromatic heterocycles. The van der Waals surface area contributed by atoms with E-state index in [-0.39, 0.29) is 5.91 Å². The van der Waals surface area contributed by atoms with Crippen LogP contribution >= 0.6 is 0 Å². The lowest BCUT2D eigenvalue weighted by Crippen LogP contribution is -2.47. The molecule has 0 bridgehead atoms. The first-order valence-corrected chi connectivity index (χ1v) is 6.66. The van der Waals surface area contributed by atoms with Crippen LogP contribution in [0.5, 0.6) is 0 Å². The van der Waals surface area contributed by atoms with Crippen LogP contribution in [0.15, 0.2) is 30.3 Å². The molecule has 1 saturated carbocycles. The quantitative estimate of drug-likeness (QED) is 0.825. The van der Waals surface area contributed by atoms with Gasteiger partial charge in [-0.05, 0) is 44.7 Å². The first-order valence-electron chi connectivity index (χ1n) is 6.66. The van der Waals surface area contributed by atoms with Crippen molar-refractivity contribution >= 4 is 11.6 Å². The predicted molar refractivity (Wildman–Crippen MR) is 70.3 cm³/mol. The average molecular weight is 245 g/mol. The minimum absolute atomic E-state index is 0.108. The van der Waals surface area contributed by atoms with E-state index < -0.39 is 11.0 Å². The number of anilines is 1. The molecule has 1 aromatic rings. The fourth-order valence-electron chi connectivity index (χ4n) is 3.60. The molecular weight excluding hydrogens is 226 g/mol. The molecule has 1 aromatic carbocycles. The Balaban J connectivity index is 1.94. The van der Waals surface area contributed by atoms with Gasteiger partial charge in [-0.25, -0.2) is 0 Å². The lowest BCUT2D eigenvalue weighted by atomic mass is 9.74. The highest BCUT2D eigenvalue weighted by molar-refractivity contribution is 6.01. The van der Waals surface area contributed by atoms with Crippen molar-refractivity contribution in [2.75, 3.05) is 11.4 Å². The van der Waals surface area contributed by atoms with Crippen LogP contribution in [0, 0.1) is 5.41 Å². The molecule has 1 aliphatic carbocycles. The maximum atomic E-state index is 12.7. The van der Waals surface area contributed by atoms with Gasteiger partial charge < -0.3 is 10.0 Å². The van der Waals surface area contributed by atoms with E-state index in [1.165, 1.54) is 0 Å². The van der Waals surface area contributed by atoms with Crippen LogP contribution in [-0.2, 0) is 4.79 Å². The van der Waals surface area contributed by atoms with Crippen molar-refractivity contribution in [3.63, 3.8) is 0 Å². The smallest absolute Gasteiger partial charge is 0.236 e. The molecule has 1 N–H and O–H groups in total. The maximum absolute atomic E-state index is 12.7. The number of rotatable bonds is 1. The van der Waals surface area contributed by atoms with Crippen LogP contribution in [0.3, 0.4) is 0 Å². The summed E-state index contributed by atoms with van der Waals surface area (Å²) in [6, 6.07) is 9.76. The first-order chi connectivity index (χ1) is 8.57. The highest BCUT2D eigenvalue weighted by Crippen LogP contribution is 2.53. The molecule has 18 heavy (non-hydrogen) atoms. The molecular formula is C15H19NO2. The zero-order valence-corrected chi connectivity index (χ0v) is 10.7. The molecule has 0 radical (unpaired) electrons. The van der Waals surface area contributed by atoms with Gasteiger partial charge in [-0.3, -0.25) is 4.79 Å². The second-order valence-corrected chi connectivity index (χ2v) is 5.75. The third-order valence-corrected chi connectivity index (χ3v) is 4.78. The zero-order chi connectivity index (χ0) is 12.8. The van der Waals surface area contributed by atoms with Crippen molar-refractivity contribution in [1.29, 1.82) is 0 Å². The number of carbonyl (C=O) groups is 1. The van der Waals surface area contributed by atoms with E-state index in [0.29, 0.717) is 0 Å². The summed E-state index contributed by atoms with van der Waals surface area (Å²) in [6.07, 6.45) is 3.28. The third-order valence-electron chi connectivity index (χ3n) is 4.78. The van der Waals surface area contributed by atoms with Crippen LogP contribution in [0.2, 0.25) is 0 Å². The van der Waals surface area contributed by atoms with Crippen molar-refractivity contribution in [1.82, 2.24) is 0 Å². The number of benzene rings is 1. The molecule has 3 heteroatoms. The number of aliphatic hydroxyl groups is 1. The van der Waals surface area contributed by atoms with Crippen molar-refractivity contribution in [3.05, 3.63) is 30.3 Å². The Kier molecular flexibility index (Phi) is 2.49. The minimum atomic E-state index is -0.840. The summed E-state index contributed by atoms with van der Waals surface area (Å²) in [4.78, 5) is 14.5. The summed E-state index contributed by atoms with van der Waals surface area (Å²) >= 11 is 0. The fourth-order valence-corrected chi connectivity index (χ4v) is 3.60. The second kappa shape index (κ2) is 3.82. The second-order valence-electron chi connectivity index (χ2n) is 5.75. The number of hydrogen-bond acceptors (Lipinski definition) is 2. The summed E-state index contributed by atoms with van der Waals surface area (Å²) in [5, 5.41) is 10.5. The van der Waals surface area contributed by atoms with Gasteiger partial charge in [-0.1, -0.05) is 18.2 Å². The van der Waals surface area contributed by atoms with E-state index in [0.717, 1.165) is 37.9 Å². The molecule has 1 heterocycles. The first kappa shape index (κ1) is 11.7. The van der Waals surface area contributed by atoms with Gasteiger partial charge in [-0.15, -0.1) is 0 Å². The Bertz CT molecular complexity index is 469. The monoisotopic (exact) mass is 245 g/mol. The van der Waals surface area contributed by atoms with Crippen LogP contribution in [0.25, 0.3) is 0 Å². The maximum Gasteiger partial charge on any atom is 0.236 e. The highest BCUT2D eigenvalue weighted by atomic mass is 16.3. The molecule has 1 aliphatic heterocycles. The van der Waals surface area contributed by atoms with Gasteiger partial charge in [0.25, 0.3) is 0 Å². The summed E-state index contributed by atoms with van der Waals surface area (Å²) < 4.78 is 0. The van der Waals surface area contributed by atoms with E-state index in [9.17, 15) is 9.90 Å². The SMILES string of the molecule is C[C@@]1(O)CCC[C@@]12CCN(c1ccccc1)C2=O. The molecule has 0 unspecified atom stereocenters. The lowest BCUT2D eigenvalue weighted by molar-refractivity contribution is -0.137. The predicted octanol–water partition coefficient (Wildman–Crippen LogP) is 2.34. The molecule has 2 aliphatic rings. The summed E-state index contributed by atoms with van der Waals surface area (Å²) in [6.45, 7) is 2.55. The van der Waals surface area contributed by atoms with E-state index in [2.05, 4.69) is 0 Å². The number of nitrogens with zero attached hydrogens (tertiary/aromatic N) is 1. The van der Waals surface area contributed by atoms with E-state index in [1.54, 1.807) is 0 Å². The molecule has 1 saturated heterocycles. The average Bonchev–Trinajstić information content (AvgIpc) is 2.84. The molecule has 1 spiro atoms. The number of para-hydroxylation sites is 1. The fraction of sp³-hybridized carbons (Fsp3) is 0.533. The van der Waals surface area contributed by atoms with Crippen molar-refractivity contribution < 1.29 is 9.90 Å². The summed E-state index contributed by atoms with van der Waals surface area (Å²) in [5.41, 5.74) is -0.432. The van der Waals surface area contributed by atoms with Gasteiger partial charge in [0.15, 0.2) is 0 Å². The molecule has 2 fully saturated rings. The van der Waals surface area contributed by atoms with Gasteiger partial charge in [0.2, 0.25) is 5.91 Å². The number of carbonyl (C=O) groups excluding carboxylic acids is 1. The van der Waals surface area contributed by atoms with E-state index >= 15 is 0 Å². The Hall–Kier alpha value is -1.35. The minimum Gasteiger partial charge on any atom is -0.389 e.